The summed E-state index contributed by atoms with van der Waals surface area (Å²) in [6, 6.07) is 8.94. The fourth-order valence-corrected chi connectivity index (χ4v) is 2.74. The van der Waals surface area contributed by atoms with Gasteiger partial charge in [0.1, 0.15) is 5.75 Å². The monoisotopic (exact) mass is 291 g/mol. The summed E-state index contributed by atoms with van der Waals surface area (Å²) in [5.41, 5.74) is 1.79. The molecule has 1 aliphatic rings. The molecule has 0 aromatic heterocycles. The van der Waals surface area contributed by atoms with Gasteiger partial charge < -0.3 is 14.8 Å². The zero-order chi connectivity index (χ0) is 15.1. The molecule has 3 nitrogen and oxygen atoms in total. The van der Waals surface area contributed by atoms with E-state index in [-0.39, 0.29) is 0 Å². The van der Waals surface area contributed by atoms with Crippen LogP contribution in [0.25, 0.3) is 0 Å². The number of hydrogen-bond acceptors (Lipinski definition) is 3. The lowest BCUT2D eigenvalue weighted by molar-refractivity contribution is 0.0230. The van der Waals surface area contributed by atoms with Crippen LogP contribution in [0, 0.1) is 5.41 Å². The Bertz CT molecular complexity index is 410. The molecule has 1 aromatic rings. The minimum Gasteiger partial charge on any atom is -0.497 e. The van der Waals surface area contributed by atoms with Gasteiger partial charge in [-0.05, 0) is 55.7 Å². The van der Waals surface area contributed by atoms with Gasteiger partial charge in [-0.25, -0.2) is 0 Å². The van der Waals surface area contributed by atoms with E-state index < -0.39 is 0 Å². The molecular weight excluding hydrogens is 262 g/mol. The third-order valence-electron chi connectivity index (χ3n) is 4.60. The highest BCUT2D eigenvalue weighted by atomic mass is 16.5. The summed E-state index contributed by atoms with van der Waals surface area (Å²) in [7, 11) is 1.71. The van der Waals surface area contributed by atoms with Crippen LogP contribution in [0.1, 0.15) is 38.7 Å². The van der Waals surface area contributed by atoms with E-state index in [1.807, 2.05) is 12.1 Å². The topological polar surface area (TPSA) is 30.5 Å². The van der Waals surface area contributed by atoms with Gasteiger partial charge in [0, 0.05) is 25.8 Å². The van der Waals surface area contributed by atoms with Crippen molar-refractivity contribution in [2.24, 2.45) is 5.41 Å². The van der Waals surface area contributed by atoms with E-state index in [4.69, 9.17) is 9.47 Å². The number of aryl methyl sites for hydroxylation is 1. The van der Waals surface area contributed by atoms with E-state index in [0.29, 0.717) is 11.5 Å². The molecule has 0 saturated carbocycles. The number of nitrogens with one attached hydrogen (secondary N) is 1. The second kappa shape index (κ2) is 7.81. The van der Waals surface area contributed by atoms with Crippen molar-refractivity contribution in [1.29, 1.82) is 0 Å². The van der Waals surface area contributed by atoms with Gasteiger partial charge in [-0.2, -0.15) is 0 Å². The molecule has 1 aliphatic heterocycles. The Labute approximate surface area is 129 Å². The molecule has 3 heteroatoms. The predicted molar refractivity (Wildman–Crippen MR) is 86.9 cm³/mol. The maximum absolute atomic E-state index is 5.46. The molecule has 0 amide bonds. The summed E-state index contributed by atoms with van der Waals surface area (Å²) in [5.74, 6) is 0.928. The van der Waals surface area contributed by atoms with Crippen LogP contribution in [0.5, 0.6) is 5.75 Å². The average Bonchev–Trinajstić information content (AvgIpc) is 2.52. The minimum atomic E-state index is 0.409. The van der Waals surface area contributed by atoms with Crippen LogP contribution >= 0.6 is 0 Å². The molecule has 1 heterocycles. The molecule has 1 aromatic carbocycles. The number of benzene rings is 1. The molecule has 1 unspecified atom stereocenters. The predicted octanol–water partition coefficient (Wildman–Crippen LogP) is 3.42. The fourth-order valence-electron chi connectivity index (χ4n) is 2.74. The summed E-state index contributed by atoms with van der Waals surface area (Å²) in [6.45, 7) is 7.59. The second-order valence-corrected chi connectivity index (χ2v) is 6.59. The van der Waals surface area contributed by atoms with Gasteiger partial charge in [0.25, 0.3) is 0 Å². The van der Waals surface area contributed by atoms with Crippen molar-refractivity contribution in [3.63, 3.8) is 0 Å². The highest BCUT2D eigenvalue weighted by molar-refractivity contribution is 5.27. The van der Waals surface area contributed by atoms with E-state index >= 15 is 0 Å². The standard InChI is InChI=1S/C18H29NO2/c1-15(19-14-18(2)10-12-21-13-11-18)4-5-16-6-8-17(20-3)9-7-16/h6-9,15,19H,4-5,10-14H2,1-3H3. The van der Waals surface area contributed by atoms with Gasteiger partial charge in [0.05, 0.1) is 7.11 Å². The zero-order valence-corrected chi connectivity index (χ0v) is 13.7. The van der Waals surface area contributed by atoms with Crippen LogP contribution in [-0.2, 0) is 11.2 Å². The Morgan fingerprint density at radius 1 is 1.24 bits per heavy atom. The van der Waals surface area contributed by atoms with Crippen LogP contribution in [0.2, 0.25) is 0 Å². The first-order valence-electron chi connectivity index (χ1n) is 8.05. The van der Waals surface area contributed by atoms with Gasteiger partial charge in [-0.15, -0.1) is 0 Å². The molecule has 1 N–H and O–H groups in total. The second-order valence-electron chi connectivity index (χ2n) is 6.59. The fraction of sp³-hybridized carbons (Fsp3) is 0.667. The SMILES string of the molecule is COc1ccc(CCC(C)NCC2(C)CCOCC2)cc1. The van der Waals surface area contributed by atoms with E-state index in [9.17, 15) is 0 Å². The van der Waals surface area contributed by atoms with Crippen LogP contribution in [0.4, 0.5) is 0 Å². The van der Waals surface area contributed by atoms with Crippen LogP contribution < -0.4 is 10.1 Å². The highest BCUT2D eigenvalue weighted by Gasteiger charge is 2.27. The Morgan fingerprint density at radius 2 is 1.90 bits per heavy atom. The number of methoxy groups -OCH3 is 1. The lowest BCUT2D eigenvalue weighted by atomic mass is 9.82. The first-order valence-corrected chi connectivity index (χ1v) is 8.05. The molecule has 1 fully saturated rings. The first-order chi connectivity index (χ1) is 10.1. The molecule has 0 radical (unpaired) electrons. The maximum atomic E-state index is 5.46. The highest BCUT2D eigenvalue weighted by Crippen LogP contribution is 2.28. The van der Waals surface area contributed by atoms with Gasteiger partial charge in [-0.1, -0.05) is 19.1 Å². The van der Waals surface area contributed by atoms with Crippen molar-refractivity contribution in [2.45, 2.75) is 45.6 Å². The summed E-state index contributed by atoms with van der Waals surface area (Å²) < 4.78 is 10.6. The van der Waals surface area contributed by atoms with E-state index in [1.54, 1.807) is 7.11 Å². The van der Waals surface area contributed by atoms with Crippen molar-refractivity contribution in [3.8, 4) is 5.75 Å². The maximum Gasteiger partial charge on any atom is 0.118 e. The largest absolute Gasteiger partial charge is 0.497 e. The molecule has 0 bridgehead atoms. The van der Waals surface area contributed by atoms with Crippen LogP contribution in [0.3, 0.4) is 0 Å². The number of rotatable bonds is 7. The van der Waals surface area contributed by atoms with Gasteiger partial charge >= 0.3 is 0 Å². The van der Waals surface area contributed by atoms with Crippen molar-refractivity contribution in [1.82, 2.24) is 5.32 Å². The normalized spacial score (nSPS) is 19.2. The molecule has 0 spiro atoms. The molecule has 21 heavy (non-hydrogen) atoms. The average molecular weight is 291 g/mol. The number of ether oxygens (including phenoxy) is 2. The molecule has 0 aliphatic carbocycles. The Hall–Kier alpha value is -1.06. The Morgan fingerprint density at radius 3 is 2.52 bits per heavy atom. The minimum absolute atomic E-state index is 0.409. The van der Waals surface area contributed by atoms with Gasteiger partial charge in [0.15, 0.2) is 0 Å². The summed E-state index contributed by atoms with van der Waals surface area (Å²) in [5, 5.41) is 3.71. The van der Waals surface area contributed by atoms with Crippen molar-refractivity contribution in [2.75, 3.05) is 26.9 Å². The van der Waals surface area contributed by atoms with E-state index in [0.717, 1.165) is 31.9 Å². The molecule has 1 atom stereocenters. The molecule has 118 valence electrons. The van der Waals surface area contributed by atoms with E-state index in [2.05, 4.69) is 31.3 Å². The van der Waals surface area contributed by atoms with Crippen molar-refractivity contribution >= 4 is 0 Å². The van der Waals surface area contributed by atoms with Gasteiger partial charge in [0.2, 0.25) is 0 Å². The molecule has 1 saturated heterocycles. The Kier molecular flexibility index (Phi) is 6.07. The lowest BCUT2D eigenvalue weighted by Crippen LogP contribution is -2.40. The quantitative estimate of drug-likeness (QED) is 0.835. The third-order valence-corrected chi connectivity index (χ3v) is 4.60. The lowest BCUT2D eigenvalue weighted by Gasteiger charge is -2.34. The third kappa shape index (κ3) is 5.33. The summed E-state index contributed by atoms with van der Waals surface area (Å²) in [4.78, 5) is 0. The number of hydrogen-bond donors (Lipinski definition) is 1. The first kappa shape index (κ1) is 16.3. The van der Waals surface area contributed by atoms with Crippen molar-refractivity contribution < 1.29 is 9.47 Å². The van der Waals surface area contributed by atoms with Crippen LogP contribution in [-0.4, -0.2) is 32.9 Å². The van der Waals surface area contributed by atoms with E-state index in [1.165, 1.54) is 24.8 Å². The Balaban J connectivity index is 1.70. The summed E-state index contributed by atoms with van der Waals surface area (Å²) in [6.07, 6.45) is 4.62. The zero-order valence-electron chi connectivity index (χ0n) is 13.7. The summed E-state index contributed by atoms with van der Waals surface area (Å²) >= 11 is 0. The smallest absolute Gasteiger partial charge is 0.118 e. The van der Waals surface area contributed by atoms with Crippen molar-refractivity contribution in [3.05, 3.63) is 29.8 Å². The van der Waals surface area contributed by atoms with Gasteiger partial charge in [-0.3, -0.25) is 0 Å². The van der Waals surface area contributed by atoms with Crippen LogP contribution in [0.15, 0.2) is 24.3 Å². The molecular formula is C18H29NO2. The molecule has 2 rings (SSSR count).